The highest BCUT2D eigenvalue weighted by molar-refractivity contribution is 7.15. The standard InChI is InChI=1S/C8H13N3OS/c1-4(9)7(12)11-8-10-5(2)6(3)13-8/h4H,9H2,1-3H3,(H,10,11,12)/t4-/m0/s1. The Morgan fingerprint density at radius 3 is 2.62 bits per heavy atom. The van der Waals surface area contributed by atoms with Crippen LogP contribution >= 0.6 is 11.3 Å². The normalized spacial score (nSPS) is 12.6. The molecular formula is C8H13N3OS. The number of anilines is 1. The van der Waals surface area contributed by atoms with Crippen LogP contribution in [0.2, 0.25) is 0 Å². The zero-order valence-electron chi connectivity index (χ0n) is 7.92. The Hall–Kier alpha value is -0.940. The molecule has 4 nitrogen and oxygen atoms in total. The molecule has 0 aliphatic rings. The van der Waals surface area contributed by atoms with Crippen LogP contribution in [0.3, 0.4) is 0 Å². The molecule has 1 amide bonds. The van der Waals surface area contributed by atoms with Crippen LogP contribution in [0.15, 0.2) is 0 Å². The van der Waals surface area contributed by atoms with E-state index in [1.54, 1.807) is 6.92 Å². The topological polar surface area (TPSA) is 68.0 Å². The van der Waals surface area contributed by atoms with Gasteiger partial charge in [-0.2, -0.15) is 0 Å². The molecule has 0 bridgehead atoms. The fraction of sp³-hybridized carbons (Fsp3) is 0.500. The van der Waals surface area contributed by atoms with Crippen LogP contribution in [0, 0.1) is 13.8 Å². The lowest BCUT2D eigenvalue weighted by molar-refractivity contribution is -0.117. The molecule has 0 unspecified atom stereocenters. The number of nitrogens with two attached hydrogens (primary N) is 1. The van der Waals surface area contributed by atoms with Crippen molar-refractivity contribution in [3.8, 4) is 0 Å². The zero-order chi connectivity index (χ0) is 10.0. The van der Waals surface area contributed by atoms with E-state index in [1.807, 2.05) is 13.8 Å². The lowest BCUT2D eigenvalue weighted by Gasteiger charge is -2.03. The van der Waals surface area contributed by atoms with Crippen LogP contribution < -0.4 is 11.1 Å². The predicted molar refractivity (Wildman–Crippen MR) is 53.9 cm³/mol. The van der Waals surface area contributed by atoms with Gasteiger partial charge in [0, 0.05) is 4.88 Å². The number of amides is 1. The van der Waals surface area contributed by atoms with Crippen molar-refractivity contribution in [3.63, 3.8) is 0 Å². The van der Waals surface area contributed by atoms with Gasteiger partial charge in [-0.05, 0) is 20.8 Å². The lowest BCUT2D eigenvalue weighted by Crippen LogP contribution is -2.32. The van der Waals surface area contributed by atoms with E-state index in [1.165, 1.54) is 11.3 Å². The third-order valence-electron chi connectivity index (χ3n) is 1.67. The SMILES string of the molecule is Cc1nc(NC(=O)[C@H](C)N)sc1C. The lowest BCUT2D eigenvalue weighted by atomic mass is 10.3. The van der Waals surface area contributed by atoms with E-state index in [9.17, 15) is 4.79 Å². The Bertz CT molecular complexity index is 300. The van der Waals surface area contributed by atoms with E-state index in [-0.39, 0.29) is 5.91 Å². The molecule has 1 heterocycles. The number of hydrogen-bond acceptors (Lipinski definition) is 4. The highest BCUT2D eigenvalue weighted by atomic mass is 32.1. The molecule has 0 fully saturated rings. The first-order valence-electron chi connectivity index (χ1n) is 4.01. The molecule has 72 valence electrons. The summed E-state index contributed by atoms with van der Waals surface area (Å²) in [5.74, 6) is -0.200. The highest BCUT2D eigenvalue weighted by Gasteiger charge is 2.10. The van der Waals surface area contributed by atoms with Crippen molar-refractivity contribution in [2.75, 3.05) is 5.32 Å². The Labute approximate surface area is 81.2 Å². The third kappa shape index (κ3) is 2.50. The fourth-order valence-corrected chi connectivity index (χ4v) is 1.56. The van der Waals surface area contributed by atoms with Gasteiger partial charge < -0.3 is 11.1 Å². The molecule has 5 heteroatoms. The van der Waals surface area contributed by atoms with Crippen LogP contribution in [-0.2, 0) is 4.79 Å². The molecule has 0 saturated carbocycles. The van der Waals surface area contributed by atoms with Crippen molar-refractivity contribution in [2.24, 2.45) is 5.73 Å². The monoisotopic (exact) mass is 199 g/mol. The van der Waals surface area contributed by atoms with Gasteiger partial charge in [-0.15, -0.1) is 11.3 Å². The second kappa shape index (κ2) is 3.85. The number of nitrogens with one attached hydrogen (secondary N) is 1. The van der Waals surface area contributed by atoms with Crippen LogP contribution in [0.5, 0.6) is 0 Å². The molecule has 13 heavy (non-hydrogen) atoms. The van der Waals surface area contributed by atoms with Crippen LogP contribution in [0.1, 0.15) is 17.5 Å². The molecule has 0 saturated heterocycles. The summed E-state index contributed by atoms with van der Waals surface area (Å²) in [6.07, 6.45) is 0. The molecule has 1 rings (SSSR count). The number of nitrogens with zero attached hydrogens (tertiary/aromatic N) is 1. The van der Waals surface area contributed by atoms with E-state index in [0.717, 1.165) is 10.6 Å². The summed E-state index contributed by atoms with van der Waals surface area (Å²) < 4.78 is 0. The van der Waals surface area contributed by atoms with Crippen molar-refractivity contribution < 1.29 is 4.79 Å². The van der Waals surface area contributed by atoms with Gasteiger partial charge in [0.25, 0.3) is 0 Å². The number of hydrogen-bond donors (Lipinski definition) is 2. The molecule has 0 radical (unpaired) electrons. The molecule has 1 aromatic rings. The smallest absolute Gasteiger partial charge is 0.242 e. The number of aryl methyl sites for hydroxylation is 2. The van der Waals surface area contributed by atoms with Crippen molar-refractivity contribution in [1.29, 1.82) is 0 Å². The predicted octanol–water partition coefficient (Wildman–Crippen LogP) is 1.05. The maximum absolute atomic E-state index is 11.2. The second-order valence-electron chi connectivity index (χ2n) is 2.94. The Kier molecular flexibility index (Phi) is 3.00. The summed E-state index contributed by atoms with van der Waals surface area (Å²) in [7, 11) is 0. The van der Waals surface area contributed by atoms with E-state index >= 15 is 0 Å². The minimum Gasteiger partial charge on any atom is -0.320 e. The molecule has 0 aliphatic heterocycles. The van der Waals surface area contributed by atoms with Crippen LogP contribution in [0.25, 0.3) is 0 Å². The quantitative estimate of drug-likeness (QED) is 0.748. The van der Waals surface area contributed by atoms with E-state index in [2.05, 4.69) is 10.3 Å². The summed E-state index contributed by atoms with van der Waals surface area (Å²) in [6.45, 7) is 5.52. The van der Waals surface area contributed by atoms with Gasteiger partial charge in [0.05, 0.1) is 11.7 Å². The van der Waals surface area contributed by atoms with Crippen LogP contribution in [0.4, 0.5) is 5.13 Å². The average Bonchev–Trinajstić information content (AvgIpc) is 2.31. The number of aromatic nitrogens is 1. The summed E-state index contributed by atoms with van der Waals surface area (Å²) in [5.41, 5.74) is 6.34. The first-order valence-corrected chi connectivity index (χ1v) is 4.83. The summed E-state index contributed by atoms with van der Waals surface area (Å²) >= 11 is 1.46. The molecular weight excluding hydrogens is 186 g/mol. The third-order valence-corrected chi connectivity index (χ3v) is 2.66. The zero-order valence-corrected chi connectivity index (χ0v) is 8.73. The van der Waals surface area contributed by atoms with E-state index in [0.29, 0.717) is 5.13 Å². The van der Waals surface area contributed by atoms with E-state index < -0.39 is 6.04 Å². The van der Waals surface area contributed by atoms with Gasteiger partial charge in [0.15, 0.2) is 5.13 Å². The first-order chi connectivity index (χ1) is 6.00. The van der Waals surface area contributed by atoms with Crippen molar-refractivity contribution in [1.82, 2.24) is 4.98 Å². The maximum atomic E-state index is 11.2. The Morgan fingerprint density at radius 2 is 2.23 bits per heavy atom. The van der Waals surface area contributed by atoms with Crippen molar-refractivity contribution >= 4 is 22.4 Å². The number of carbonyl (C=O) groups is 1. The largest absolute Gasteiger partial charge is 0.320 e. The first kappa shape index (κ1) is 10.1. The molecule has 0 spiro atoms. The van der Waals surface area contributed by atoms with Crippen LogP contribution in [-0.4, -0.2) is 16.9 Å². The minimum atomic E-state index is -0.496. The van der Waals surface area contributed by atoms with E-state index in [4.69, 9.17) is 5.73 Å². The Morgan fingerprint density at radius 1 is 1.62 bits per heavy atom. The summed E-state index contributed by atoms with van der Waals surface area (Å²) in [4.78, 5) is 16.4. The molecule has 0 aromatic carbocycles. The van der Waals surface area contributed by atoms with Gasteiger partial charge >= 0.3 is 0 Å². The molecule has 1 atom stereocenters. The minimum absolute atomic E-state index is 0.200. The summed E-state index contributed by atoms with van der Waals surface area (Å²) in [6, 6.07) is -0.496. The van der Waals surface area contributed by atoms with Crippen molar-refractivity contribution in [3.05, 3.63) is 10.6 Å². The van der Waals surface area contributed by atoms with Gasteiger partial charge in [-0.1, -0.05) is 0 Å². The average molecular weight is 199 g/mol. The van der Waals surface area contributed by atoms with Gasteiger partial charge in [0.1, 0.15) is 0 Å². The van der Waals surface area contributed by atoms with Gasteiger partial charge in [-0.3, -0.25) is 4.79 Å². The maximum Gasteiger partial charge on any atom is 0.242 e. The Balaban J connectivity index is 2.70. The fourth-order valence-electron chi connectivity index (χ4n) is 0.745. The number of thiazole rings is 1. The second-order valence-corrected chi connectivity index (χ2v) is 4.14. The summed E-state index contributed by atoms with van der Waals surface area (Å²) in [5, 5.41) is 3.27. The molecule has 0 aliphatic carbocycles. The molecule has 1 aromatic heterocycles. The van der Waals surface area contributed by atoms with Gasteiger partial charge in [-0.25, -0.2) is 4.98 Å². The van der Waals surface area contributed by atoms with Gasteiger partial charge in [0.2, 0.25) is 5.91 Å². The van der Waals surface area contributed by atoms with Crippen molar-refractivity contribution in [2.45, 2.75) is 26.8 Å². The number of carbonyl (C=O) groups excluding carboxylic acids is 1. The molecule has 3 N–H and O–H groups in total. The number of rotatable bonds is 2. The highest BCUT2D eigenvalue weighted by Crippen LogP contribution is 2.20.